The van der Waals surface area contributed by atoms with E-state index >= 15 is 0 Å². The van der Waals surface area contributed by atoms with Crippen molar-refractivity contribution >= 4 is 0 Å². The normalized spacial score (nSPS) is 13.7. The number of hydrogen-bond donors (Lipinski definition) is 1. The Morgan fingerprint density at radius 2 is 1.81 bits per heavy atom. The Morgan fingerprint density at radius 3 is 2.48 bits per heavy atom. The standard InChI is InChI=1S/C18H23NO2/c1-3-17(19)18(15-10-7-11-16(12-15)20-2)21-13-14-8-5-4-6-9-14/h4-12,17-18H,3,13,19H2,1-2H3. The van der Waals surface area contributed by atoms with Crippen LogP contribution < -0.4 is 10.5 Å². The van der Waals surface area contributed by atoms with Crippen molar-refractivity contribution < 1.29 is 9.47 Å². The maximum absolute atomic E-state index is 6.24. The molecule has 2 atom stereocenters. The third-order valence-corrected chi connectivity index (χ3v) is 3.55. The van der Waals surface area contributed by atoms with Crippen LogP contribution in [0.5, 0.6) is 5.75 Å². The summed E-state index contributed by atoms with van der Waals surface area (Å²) in [5.41, 5.74) is 8.44. The average molecular weight is 285 g/mol. The quantitative estimate of drug-likeness (QED) is 0.843. The predicted molar refractivity (Wildman–Crippen MR) is 85.2 cm³/mol. The Kier molecular flexibility index (Phi) is 5.78. The molecule has 0 aromatic heterocycles. The van der Waals surface area contributed by atoms with E-state index in [1.54, 1.807) is 7.11 Å². The van der Waals surface area contributed by atoms with E-state index in [1.807, 2.05) is 42.5 Å². The van der Waals surface area contributed by atoms with Crippen LogP contribution in [-0.2, 0) is 11.3 Å². The molecule has 0 saturated heterocycles. The molecule has 2 N–H and O–H groups in total. The van der Waals surface area contributed by atoms with Gasteiger partial charge in [-0.3, -0.25) is 0 Å². The van der Waals surface area contributed by atoms with Crippen LogP contribution in [0.15, 0.2) is 54.6 Å². The van der Waals surface area contributed by atoms with E-state index in [4.69, 9.17) is 15.2 Å². The highest BCUT2D eigenvalue weighted by molar-refractivity contribution is 5.30. The summed E-state index contributed by atoms with van der Waals surface area (Å²) in [6.45, 7) is 2.63. The first-order valence-electron chi connectivity index (χ1n) is 7.29. The minimum atomic E-state index is -0.134. The van der Waals surface area contributed by atoms with Crippen LogP contribution in [0.3, 0.4) is 0 Å². The Labute approximate surface area is 126 Å². The number of hydrogen-bond acceptors (Lipinski definition) is 3. The van der Waals surface area contributed by atoms with Gasteiger partial charge in [-0.2, -0.15) is 0 Å². The zero-order valence-electron chi connectivity index (χ0n) is 12.7. The molecule has 0 fully saturated rings. The summed E-state index contributed by atoms with van der Waals surface area (Å²) in [6.07, 6.45) is 0.724. The van der Waals surface area contributed by atoms with Crippen LogP contribution in [0, 0.1) is 0 Å². The first-order valence-corrected chi connectivity index (χ1v) is 7.29. The number of rotatable bonds is 7. The van der Waals surface area contributed by atoms with Crippen molar-refractivity contribution in [3.8, 4) is 5.75 Å². The van der Waals surface area contributed by atoms with Crippen molar-refractivity contribution in [3.63, 3.8) is 0 Å². The Balaban J connectivity index is 2.14. The largest absolute Gasteiger partial charge is 0.497 e. The molecule has 0 spiro atoms. The molecule has 0 bridgehead atoms. The summed E-state index contributed by atoms with van der Waals surface area (Å²) in [5.74, 6) is 0.823. The Hall–Kier alpha value is -1.84. The second-order valence-corrected chi connectivity index (χ2v) is 5.07. The molecule has 2 rings (SSSR count). The summed E-state index contributed by atoms with van der Waals surface area (Å²) in [4.78, 5) is 0. The van der Waals surface area contributed by atoms with E-state index in [-0.39, 0.29) is 12.1 Å². The third kappa shape index (κ3) is 4.31. The van der Waals surface area contributed by atoms with Crippen LogP contribution >= 0.6 is 0 Å². The van der Waals surface area contributed by atoms with Gasteiger partial charge in [-0.25, -0.2) is 0 Å². The van der Waals surface area contributed by atoms with Crippen molar-refractivity contribution in [2.24, 2.45) is 5.73 Å². The van der Waals surface area contributed by atoms with Crippen molar-refractivity contribution in [2.75, 3.05) is 7.11 Å². The lowest BCUT2D eigenvalue weighted by Gasteiger charge is -2.24. The van der Waals surface area contributed by atoms with Crippen LogP contribution in [0.1, 0.15) is 30.6 Å². The van der Waals surface area contributed by atoms with Gasteiger partial charge in [0.1, 0.15) is 5.75 Å². The number of ether oxygens (including phenoxy) is 2. The summed E-state index contributed by atoms with van der Waals surface area (Å²) in [6, 6.07) is 18.0. The number of benzene rings is 2. The van der Waals surface area contributed by atoms with Crippen molar-refractivity contribution in [1.82, 2.24) is 0 Å². The fraction of sp³-hybridized carbons (Fsp3) is 0.333. The van der Waals surface area contributed by atoms with Gasteiger partial charge >= 0.3 is 0 Å². The highest BCUT2D eigenvalue weighted by Gasteiger charge is 2.19. The smallest absolute Gasteiger partial charge is 0.119 e. The topological polar surface area (TPSA) is 44.5 Å². The van der Waals surface area contributed by atoms with Crippen LogP contribution in [-0.4, -0.2) is 13.2 Å². The molecule has 3 heteroatoms. The second-order valence-electron chi connectivity index (χ2n) is 5.07. The fourth-order valence-corrected chi connectivity index (χ4v) is 2.26. The van der Waals surface area contributed by atoms with Crippen LogP contribution in [0.2, 0.25) is 0 Å². The molecular weight excluding hydrogens is 262 g/mol. The van der Waals surface area contributed by atoms with Crippen LogP contribution in [0.25, 0.3) is 0 Å². The van der Waals surface area contributed by atoms with Gasteiger partial charge in [-0.1, -0.05) is 49.4 Å². The first-order chi connectivity index (χ1) is 10.2. The monoisotopic (exact) mass is 285 g/mol. The molecule has 0 aliphatic rings. The van der Waals surface area contributed by atoms with Gasteiger partial charge in [0, 0.05) is 6.04 Å². The minimum Gasteiger partial charge on any atom is -0.497 e. The van der Waals surface area contributed by atoms with E-state index in [9.17, 15) is 0 Å². The molecule has 0 saturated carbocycles. The molecule has 21 heavy (non-hydrogen) atoms. The lowest BCUT2D eigenvalue weighted by Crippen LogP contribution is -2.29. The average Bonchev–Trinajstić information content (AvgIpc) is 2.56. The molecule has 0 aliphatic heterocycles. The maximum Gasteiger partial charge on any atom is 0.119 e. The van der Waals surface area contributed by atoms with Crippen LogP contribution in [0.4, 0.5) is 0 Å². The highest BCUT2D eigenvalue weighted by Crippen LogP contribution is 2.26. The molecular formula is C18H23NO2. The van der Waals surface area contributed by atoms with Gasteiger partial charge in [0.25, 0.3) is 0 Å². The molecule has 2 aromatic carbocycles. The molecule has 0 amide bonds. The number of nitrogens with two attached hydrogens (primary N) is 1. The lowest BCUT2D eigenvalue weighted by molar-refractivity contribution is 0.0211. The summed E-state index contributed by atoms with van der Waals surface area (Å²) < 4.78 is 11.4. The van der Waals surface area contributed by atoms with Crippen molar-refractivity contribution in [2.45, 2.75) is 32.1 Å². The predicted octanol–water partition coefficient (Wildman–Crippen LogP) is 3.69. The van der Waals surface area contributed by atoms with Gasteiger partial charge in [0.15, 0.2) is 0 Å². The summed E-state index contributed by atoms with van der Waals surface area (Å²) >= 11 is 0. The second kappa shape index (κ2) is 7.81. The maximum atomic E-state index is 6.24. The molecule has 0 aliphatic carbocycles. The van der Waals surface area contributed by atoms with Gasteiger partial charge in [0.05, 0.1) is 19.8 Å². The van der Waals surface area contributed by atoms with E-state index in [0.29, 0.717) is 6.61 Å². The van der Waals surface area contributed by atoms with Crippen molar-refractivity contribution in [1.29, 1.82) is 0 Å². The zero-order valence-corrected chi connectivity index (χ0v) is 12.7. The van der Waals surface area contributed by atoms with Gasteiger partial charge in [0.2, 0.25) is 0 Å². The van der Waals surface area contributed by atoms with Crippen molar-refractivity contribution in [3.05, 3.63) is 65.7 Å². The van der Waals surface area contributed by atoms with E-state index in [1.165, 1.54) is 0 Å². The molecule has 0 heterocycles. The van der Waals surface area contributed by atoms with E-state index in [0.717, 1.165) is 23.3 Å². The first kappa shape index (κ1) is 15.5. The van der Waals surface area contributed by atoms with E-state index in [2.05, 4.69) is 19.1 Å². The minimum absolute atomic E-state index is 0.0409. The molecule has 2 unspecified atom stereocenters. The Morgan fingerprint density at radius 1 is 1.05 bits per heavy atom. The Bertz CT molecular complexity index is 542. The van der Waals surface area contributed by atoms with Gasteiger partial charge in [-0.15, -0.1) is 0 Å². The van der Waals surface area contributed by atoms with E-state index < -0.39 is 0 Å². The third-order valence-electron chi connectivity index (χ3n) is 3.55. The summed E-state index contributed by atoms with van der Waals surface area (Å²) in [5, 5.41) is 0. The fourth-order valence-electron chi connectivity index (χ4n) is 2.26. The highest BCUT2D eigenvalue weighted by atomic mass is 16.5. The zero-order chi connectivity index (χ0) is 15.1. The van der Waals surface area contributed by atoms with Gasteiger partial charge < -0.3 is 15.2 Å². The molecule has 2 aromatic rings. The summed E-state index contributed by atoms with van der Waals surface area (Å²) in [7, 11) is 1.67. The molecule has 3 nitrogen and oxygen atoms in total. The SMILES string of the molecule is CCC(N)C(OCc1ccccc1)c1cccc(OC)c1. The molecule has 112 valence electrons. The van der Waals surface area contributed by atoms with Gasteiger partial charge in [-0.05, 0) is 29.7 Å². The lowest BCUT2D eigenvalue weighted by atomic mass is 10.0. The number of methoxy groups -OCH3 is 1. The molecule has 0 radical (unpaired) electrons.